The highest BCUT2D eigenvalue weighted by Gasteiger charge is 2.15. The molecule has 2 rings (SSSR count). The quantitative estimate of drug-likeness (QED) is 0.611. The van der Waals surface area contributed by atoms with E-state index in [0.717, 1.165) is 13.1 Å². The number of nitrogens with one attached hydrogen (secondary N) is 2. The molecule has 0 spiro atoms. The van der Waals surface area contributed by atoms with Gasteiger partial charge in [0.15, 0.2) is 0 Å². The van der Waals surface area contributed by atoms with Gasteiger partial charge in [0, 0.05) is 18.7 Å². The third kappa shape index (κ3) is 2.91. The maximum absolute atomic E-state index is 10.6. The molecule has 1 saturated heterocycles. The zero-order chi connectivity index (χ0) is 12.3. The van der Waals surface area contributed by atoms with Crippen LogP contribution in [0.1, 0.15) is 18.5 Å². The highest BCUT2D eigenvalue weighted by atomic mass is 16.6. The van der Waals surface area contributed by atoms with Gasteiger partial charge in [-0.2, -0.15) is 0 Å². The second kappa shape index (κ2) is 5.09. The van der Waals surface area contributed by atoms with Gasteiger partial charge >= 0.3 is 0 Å². The molecule has 2 heterocycles. The summed E-state index contributed by atoms with van der Waals surface area (Å²) in [5, 5.41) is 17.2. The second-order valence-electron chi connectivity index (χ2n) is 4.23. The summed E-state index contributed by atoms with van der Waals surface area (Å²) in [7, 11) is 0. The summed E-state index contributed by atoms with van der Waals surface area (Å²) >= 11 is 0. The normalized spacial score (nSPS) is 19.2. The minimum absolute atomic E-state index is 0.0644. The van der Waals surface area contributed by atoms with Crippen LogP contribution in [0, 0.1) is 17.0 Å². The van der Waals surface area contributed by atoms with Crippen LogP contribution in [0.3, 0.4) is 0 Å². The number of aryl methyl sites for hydroxylation is 1. The van der Waals surface area contributed by atoms with E-state index in [4.69, 9.17) is 0 Å². The average molecular weight is 236 g/mol. The molecule has 0 aliphatic carbocycles. The largest absolute Gasteiger partial charge is 0.368 e. The van der Waals surface area contributed by atoms with Gasteiger partial charge in [-0.3, -0.25) is 10.1 Å². The Morgan fingerprint density at radius 3 is 3.06 bits per heavy atom. The van der Waals surface area contributed by atoms with Crippen molar-refractivity contribution >= 4 is 11.5 Å². The molecule has 0 saturated carbocycles. The molecule has 1 aromatic rings. The Morgan fingerprint density at radius 2 is 2.47 bits per heavy atom. The van der Waals surface area contributed by atoms with E-state index in [1.54, 1.807) is 13.0 Å². The Hall–Kier alpha value is -1.69. The number of aromatic nitrogens is 1. The van der Waals surface area contributed by atoms with Gasteiger partial charge in [0.1, 0.15) is 11.5 Å². The molecule has 6 nitrogen and oxygen atoms in total. The highest BCUT2D eigenvalue weighted by Crippen LogP contribution is 2.18. The van der Waals surface area contributed by atoms with E-state index in [9.17, 15) is 10.1 Å². The zero-order valence-corrected chi connectivity index (χ0v) is 9.77. The van der Waals surface area contributed by atoms with Crippen LogP contribution in [0.5, 0.6) is 0 Å². The molecular weight excluding hydrogens is 220 g/mol. The predicted molar refractivity (Wildman–Crippen MR) is 65.1 cm³/mol. The van der Waals surface area contributed by atoms with E-state index in [1.165, 1.54) is 18.9 Å². The van der Waals surface area contributed by atoms with Gasteiger partial charge in [-0.1, -0.05) is 0 Å². The first-order valence-corrected chi connectivity index (χ1v) is 5.76. The number of nitrogens with zero attached hydrogens (tertiary/aromatic N) is 2. The number of rotatable bonds is 4. The van der Waals surface area contributed by atoms with Crippen molar-refractivity contribution in [1.82, 2.24) is 10.3 Å². The molecule has 0 bridgehead atoms. The maximum Gasteiger partial charge on any atom is 0.290 e. The van der Waals surface area contributed by atoms with E-state index >= 15 is 0 Å². The number of hydrogen-bond acceptors (Lipinski definition) is 5. The van der Waals surface area contributed by atoms with E-state index in [0.29, 0.717) is 17.6 Å². The molecule has 0 amide bonds. The van der Waals surface area contributed by atoms with Crippen LogP contribution in [0.4, 0.5) is 11.5 Å². The van der Waals surface area contributed by atoms with E-state index in [2.05, 4.69) is 15.6 Å². The van der Waals surface area contributed by atoms with Crippen LogP contribution < -0.4 is 10.6 Å². The summed E-state index contributed by atoms with van der Waals surface area (Å²) in [5.41, 5.74) is 0.508. The lowest BCUT2D eigenvalue weighted by Gasteiger charge is -2.12. The monoisotopic (exact) mass is 236 g/mol. The molecule has 1 unspecified atom stereocenters. The second-order valence-corrected chi connectivity index (χ2v) is 4.23. The topological polar surface area (TPSA) is 80.1 Å². The fraction of sp³-hybridized carbons (Fsp3) is 0.545. The van der Waals surface area contributed by atoms with Crippen molar-refractivity contribution in [2.24, 2.45) is 0 Å². The molecule has 6 heteroatoms. The average Bonchev–Trinajstić information content (AvgIpc) is 2.78. The summed E-state index contributed by atoms with van der Waals surface area (Å²) in [6, 6.07) is 3.62. The Bertz CT molecular complexity index is 416. The molecule has 1 atom stereocenters. The van der Waals surface area contributed by atoms with Crippen LogP contribution >= 0.6 is 0 Å². The van der Waals surface area contributed by atoms with Crippen LogP contribution in [0.15, 0.2) is 12.1 Å². The maximum atomic E-state index is 10.6. The Morgan fingerprint density at radius 1 is 1.65 bits per heavy atom. The fourth-order valence-corrected chi connectivity index (χ4v) is 2.00. The first-order valence-electron chi connectivity index (χ1n) is 5.76. The van der Waals surface area contributed by atoms with Crippen molar-refractivity contribution in [3.8, 4) is 0 Å². The van der Waals surface area contributed by atoms with Crippen molar-refractivity contribution in [2.45, 2.75) is 25.8 Å². The summed E-state index contributed by atoms with van der Waals surface area (Å²) in [4.78, 5) is 14.4. The predicted octanol–water partition coefficient (Wildman–Crippen LogP) is 1.46. The lowest BCUT2D eigenvalue weighted by Crippen LogP contribution is -2.29. The summed E-state index contributed by atoms with van der Waals surface area (Å²) in [5.74, 6) is 0.696. The lowest BCUT2D eigenvalue weighted by atomic mass is 10.2. The van der Waals surface area contributed by atoms with E-state index in [-0.39, 0.29) is 5.69 Å². The molecule has 1 aliphatic rings. The van der Waals surface area contributed by atoms with Gasteiger partial charge in [0.2, 0.25) is 0 Å². The number of pyridine rings is 1. The molecule has 92 valence electrons. The first kappa shape index (κ1) is 11.8. The highest BCUT2D eigenvalue weighted by molar-refractivity contribution is 5.44. The van der Waals surface area contributed by atoms with Crippen molar-refractivity contribution < 1.29 is 4.92 Å². The number of hydrogen-bond donors (Lipinski definition) is 2. The third-order valence-corrected chi connectivity index (χ3v) is 2.95. The summed E-state index contributed by atoms with van der Waals surface area (Å²) < 4.78 is 0. The van der Waals surface area contributed by atoms with Crippen LogP contribution in [0.2, 0.25) is 0 Å². The molecule has 1 fully saturated rings. The Balaban J connectivity index is 1.97. The minimum atomic E-state index is -0.412. The van der Waals surface area contributed by atoms with Gasteiger partial charge in [0.25, 0.3) is 5.69 Å². The first-order chi connectivity index (χ1) is 8.16. The lowest BCUT2D eigenvalue weighted by molar-refractivity contribution is -0.385. The van der Waals surface area contributed by atoms with Gasteiger partial charge in [0.05, 0.1) is 4.92 Å². The SMILES string of the molecule is Cc1nc(NCC2CCCN2)ccc1[N+](=O)[O-]. The van der Waals surface area contributed by atoms with Gasteiger partial charge in [-0.05, 0) is 32.4 Å². The molecule has 1 aliphatic heterocycles. The van der Waals surface area contributed by atoms with Crippen molar-refractivity contribution in [2.75, 3.05) is 18.4 Å². The van der Waals surface area contributed by atoms with Crippen molar-refractivity contribution in [1.29, 1.82) is 0 Å². The molecule has 17 heavy (non-hydrogen) atoms. The van der Waals surface area contributed by atoms with Gasteiger partial charge in [-0.25, -0.2) is 4.98 Å². The molecule has 1 aromatic heterocycles. The van der Waals surface area contributed by atoms with Gasteiger partial charge in [-0.15, -0.1) is 0 Å². The van der Waals surface area contributed by atoms with Crippen LogP contribution in [-0.4, -0.2) is 29.0 Å². The summed E-state index contributed by atoms with van der Waals surface area (Å²) in [6.07, 6.45) is 2.37. The van der Waals surface area contributed by atoms with Crippen molar-refractivity contribution in [3.63, 3.8) is 0 Å². The Labute approximate surface area is 99.6 Å². The minimum Gasteiger partial charge on any atom is -0.368 e. The molecule has 2 N–H and O–H groups in total. The van der Waals surface area contributed by atoms with Crippen LogP contribution in [-0.2, 0) is 0 Å². The standard InChI is InChI=1S/C11H16N4O2/c1-8-10(15(16)17)4-5-11(14-8)13-7-9-3-2-6-12-9/h4-5,9,12H,2-3,6-7H2,1H3,(H,13,14). The van der Waals surface area contributed by atoms with Gasteiger partial charge < -0.3 is 10.6 Å². The third-order valence-electron chi connectivity index (χ3n) is 2.95. The van der Waals surface area contributed by atoms with Crippen molar-refractivity contribution in [3.05, 3.63) is 27.9 Å². The zero-order valence-electron chi connectivity index (χ0n) is 9.77. The van der Waals surface area contributed by atoms with E-state index < -0.39 is 4.92 Å². The van der Waals surface area contributed by atoms with E-state index in [1.807, 2.05) is 0 Å². The van der Waals surface area contributed by atoms with Crippen LogP contribution in [0.25, 0.3) is 0 Å². The molecular formula is C11H16N4O2. The summed E-state index contributed by atoms with van der Waals surface area (Å²) in [6.45, 7) is 3.53. The number of nitro groups is 1. The smallest absolute Gasteiger partial charge is 0.290 e. The molecule has 0 aromatic carbocycles. The molecule has 0 radical (unpaired) electrons. The fourth-order valence-electron chi connectivity index (χ4n) is 2.00. The number of anilines is 1. The Kier molecular flexibility index (Phi) is 3.53.